The van der Waals surface area contributed by atoms with Gasteiger partial charge >= 0.3 is 6.09 Å². The number of nitrogens with one attached hydrogen (secondary N) is 2. The van der Waals surface area contributed by atoms with Gasteiger partial charge in [0.1, 0.15) is 6.61 Å². The first-order chi connectivity index (χ1) is 13.6. The molecule has 3 rings (SSSR count). The summed E-state index contributed by atoms with van der Waals surface area (Å²) < 4.78 is 5.18. The monoisotopic (exact) mass is 395 g/mol. The lowest BCUT2D eigenvalue weighted by molar-refractivity contribution is -0.114. The Morgan fingerprint density at radius 1 is 1.07 bits per heavy atom. The number of carbonyl (C=O) groups excluding carboxylic acids is 2. The number of hydrogen-bond acceptors (Lipinski definition) is 5. The van der Waals surface area contributed by atoms with Gasteiger partial charge in [-0.15, -0.1) is 11.3 Å². The van der Waals surface area contributed by atoms with Crippen molar-refractivity contribution in [1.29, 1.82) is 0 Å². The summed E-state index contributed by atoms with van der Waals surface area (Å²) >= 11 is 1.55. The van der Waals surface area contributed by atoms with Crippen molar-refractivity contribution in [3.05, 3.63) is 70.5 Å². The van der Waals surface area contributed by atoms with Crippen LogP contribution in [0.25, 0.3) is 11.3 Å². The number of ether oxygens (including phenoxy) is 1. The Morgan fingerprint density at radius 3 is 2.54 bits per heavy atom. The zero-order valence-corrected chi connectivity index (χ0v) is 16.3. The predicted octanol–water partition coefficient (Wildman–Crippen LogP) is 4.24. The Kier molecular flexibility index (Phi) is 6.75. The smallest absolute Gasteiger partial charge is 0.407 e. The first-order valence-electron chi connectivity index (χ1n) is 8.87. The third-order valence-electron chi connectivity index (χ3n) is 3.87. The second kappa shape index (κ2) is 9.66. The van der Waals surface area contributed by atoms with Crippen molar-refractivity contribution in [2.24, 2.45) is 0 Å². The standard InChI is InChI=1S/C21H21N3O3S/c1-15(25)23-18-9-7-17(8-10-18)19-14-28-20(24-19)11-12-22-21(26)27-13-16-5-3-2-4-6-16/h2-10,14H,11-13H2,1H3,(H,22,26)(H,23,25). The SMILES string of the molecule is CC(=O)Nc1ccc(-c2csc(CCNC(=O)OCc3ccccc3)n2)cc1. The fourth-order valence-electron chi connectivity index (χ4n) is 2.53. The van der Waals surface area contributed by atoms with Crippen LogP contribution in [0.2, 0.25) is 0 Å². The number of thiazole rings is 1. The van der Waals surface area contributed by atoms with Gasteiger partial charge in [0.05, 0.1) is 10.7 Å². The molecule has 144 valence electrons. The van der Waals surface area contributed by atoms with E-state index in [1.54, 1.807) is 11.3 Å². The lowest BCUT2D eigenvalue weighted by atomic mass is 10.1. The minimum absolute atomic E-state index is 0.0986. The molecule has 1 aromatic heterocycles. The van der Waals surface area contributed by atoms with E-state index in [2.05, 4.69) is 15.6 Å². The second-order valence-corrected chi connectivity index (χ2v) is 7.07. The molecule has 28 heavy (non-hydrogen) atoms. The molecule has 0 spiro atoms. The quantitative estimate of drug-likeness (QED) is 0.627. The number of amides is 2. The van der Waals surface area contributed by atoms with Crippen LogP contribution < -0.4 is 10.6 Å². The summed E-state index contributed by atoms with van der Waals surface area (Å²) in [5.74, 6) is -0.0986. The first-order valence-corrected chi connectivity index (χ1v) is 9.75. The molecule has 2 aromatic carbocycles. The van der Waals surface area contributed by atoms with Gasteiger partial charge in [-0.3, -0.25) is 4.79 Å². The molecule has 0 aliphatic rings. The Bertz CT molecular complexity index is 924. The van der Waals surface area contributed by atoms with Crippen LogP contribution in [0, 0.1) is 0 Å². The minimum atomic E-state index is -0.436. The van der Waals surface area contributed by atoms with Crippen LogP contribution in [0.4, 0.5) is 10.5 Å². The topological polar surface area (TPSA) is 80.3 Å². The van der Waals surface area contributed by atoms with Crippen molar-refractivity contribution in [3.63, 3.8) is 0 Å². The van der Waals surface area contributed by atoms with Gasteiger partial charge in [0, 0.05) is 36.5 Å². The van der Waals surface area contributed by atoms with Gasteiger partial charge < -0.3 is 15.4 Å². The molecule has 0 fully saturated rings. The van der Waals surface area contributed by atoms with Gasteiger partial charge in [-0.1, -0.05) is 42.5 Å². The highest BCUT2D eigenvalue weighted by Crippen LogP contribution is 2.23. The van der Waals surface area contributed by atoms with E-state index in [0.717, 1.165) is 27.5 Å². The van der Waals surface area contributed by atoms with Crippen LogP contribution >= 0.6 is 11.3 Å². The largest absolute Gasteiger partial charge is 0.445 e. The van der Waals surface area contributed by atoms with Crippen molar-refractivity contribution in [3.8, 4) is 11.3 Å². The maximum atomic E-state index is 11.8. The lowest BCUT2D eigenvalue weighted by Crippen LogP contribution is -2.26. The number of benzene rings is 2. The van der Waals surface area contributed by atoms with Crippen molar-refractivity contribution in [2.45, 2.75) is 20.0 Å². The molecule has 2 amide bonds. The van der Waals surface area contributed by atoms with E-state index in [1.807, 2.05) is 60.0 Å². The maximum absolute atomic E-state index is 11.8. The minimum Gasteiger partial charge on any atom is -0.445 e. The summed E-state index contributed by atoms with van der Waals surface area (Å²) in [4.78, 5) is 27.4. The van der Waals surface area contributed by atoms with Crippen molar-refractivity contribution in [2.75, 3.05) is 11.9 Å². The van der Waals surface area contributed by atoms with Crippen LogP contribution in [-0.2, 0) is 22.6 Å². The fraction of sp³-hybridized carbons (Fsp3) is 0.190. The van der Waals surface area contributed by atoms with E-state index in [4.69, 9.17) is 4.74 Å². The van der Waals surface area contributed by atoms with Crippen LogP contribution in [0.3, 0.4) is 0 Å². The number of carbonyl (C=O) groups is 2. The summed E-state index contributed by atoms with van der Waals surface area (Å²) in [6.45, 7) is 2.19. The molecule has 0 aliphatic heterocycles. The second-order valence-electron chi connectivity index (χ2n) is 6.12. The Hall–Kier alpha value is -3.19. The van der Waals surface area contributed by atoms with E-state index in [-0.39, 0.29) is 12.5 Å². The Labute approximate surface area is 167 Å². The molecule has 0 saturated carbocycles. The highest BCUT2D eigenvalue weighted by molar-refractivity contribution is 7.09. The molecule has 0 radical (unpaired) electrons. The zero-order valence-electron chi connectivity index (χ0n) is 15.5. The number of rotatable bonds is 7. The van der Waals surface area contributed by atoms with Crippen LogP contribution in [0.1, 0.15) is 17.5 Å². The summed E-state index contributed by atoms with van der Waals surface area (Å²) in [6, 6.07) is 17.1. The van der Waals surface area contributed by atoms with Crippen molar-refractivity contribution < 1.29 is 14.3 Å². The molecule has 1 heterocycles. The van der Waals surface area contributed by atoms with Gasteiger partial charge in [0.2, 0.25) is 5.91 Å². The van der Waals surface area contributed by atoms with Gasteiger partial charge in [-0.2, -0.15) is 0 Å². The number of hydrogen-bond donors (Lipinski definition) is 2. The van der Waals surface area contributed by atoms with Crippen LogP contribution in [0.15, 0.2) is 60.0 Å². The van der Waals surface area contributed by atoms with E-state index in [9.17, 15) is 9.59 Å². The van der Waals surface area contributed by atoms with Crippen molar-refractivity contribution in [1.82, 2.24) is 10.3 Å². The molecule has 7 heteroatoms. The average molecular weight is 395 g/mol. The van der Waals surface area contributed by atoms with Crippen molar-refractivity contribution >= 4 is 29.0 Å². The number of alkyl carbamates (subject to hydrolysis) is 1. The van der Waals surface area contributed by atoms with Crippen LogP contribution in [-0.4, -0.2) is 23.5 Å². The molecule has 0 aliphatic carbocycles. The summed E-state index contributed by atoms with van der Waals surface area (Å²) in [6.07, 6.45) is 0.198. The van der Waals surface area contributed by atoms with Gasteiger partial charge in [0.15, 0.2) is 0 Å². The third-order valence-corrected chi connectivity index (χ3v) is 4.78. The number of anilines is 1. The molecule has 0 saturated heterocycles. The molecular formula is C21H21N3O3S. The summed E-state index contributed by atoms with van der Waals surface area (Å²) in [5, 5.41) is 8.40. The highest BCUT2D eigenvalue weighted by atomic mass is 32.1. The van der Waals surface area contributed by atoms with Gasteiger partial charge in [-0.25, -0.2) is 9.78 Å². The summed E-state index contributed by atoms with van der Waals surface area (Å²) in [5.41, 5.74) is 3.56. The molecule has 0 unspecified atom stereocenters. The van der Waals surface area contributed by atoms with E-state index >= 15 is 0 Å². The highest BCUT2D eigenvalue weighted by Gasteiger charge is 2.07. The van der Waals surface area contributed by atoms with Gasteiger partial charge in [0.25, 0.3) is 0 Å². The fourth-order valence-corrected chi connectivity index (χ4v) is 3.34. The molecule has 0 atom stereocenters. The molecule has 2 N–H and O–H groups in total. The normalized spacial score (nSPS) is 10.3. The predicted molar refractivity (Wildman–Crippen MR) is 110 cm³/mol. The zero-order chi connectivity index (χ0) is 19.8. The molecule has 0 bridgehead atoms. The van der Waals surface area contributed by atoms with Gasteiger partial charge in [-0.05, 0) is 17.7 Å². The Balaban J connectivity index is 1.44. The van der Waals surface area contributed by atoms with Crippen LogP contribution in [0.5, 0.6) is 0 Å². The third kappa shape index (κ3) is 5.92. The molecular weight excluding hydrogens is 374 g/mol. The maximum Gasteiger partial charge on any atom is 0.407 e. The van der Waals surface area contributed by atoms with E-state index < -0.39 is 6.09 Å². The Morgan fingerprint density at radius 2 is 1.82 bits per heavy atom. The van der Waals surface area contributed by atoms with E-state index in [0.29, 0.717) is 13.0 Å². The molecule has 3 aromatic rings. The molecule has 6 nitrogen and oxygen atoms in total. The first kappa shape index (κ1) is 19.6. The lowest BCUT2D eigenvalue weighted by Gasteiger charge is -2.06. The summed E-state index contributed by atoms with van der Waals surface area (Å²) in [7, 11) is 0. The number of nitrogens with zero attached hydrogens (tertiary/aromatic N) is 1. The van der Waals surface area contributed by atoms with E-state index in [1.165, 1.54) is 6.92 Å². The number of aromatic nitrogens is 1. The average Bonchev–Trinajstić information content (AvgIpc) is 3.16.